The van der Waals surface area contributed by atoms with Gasteiger partial charge in [-0.2, -0.15) is 0 Å². The number of rotatable bonds is 5. The number of aliphatic hydroxyl groups excluding tert-OH is 1. The highest BCUT2D eigenvalue weighted by Crippen LogP contribution is 2.08. The first-order valence-electron chi connectivity index (χ1n) is 5.31. The largest absolute Gasteiger partial charge is 0.491 e. The minimum Gasteiger partial charge on any atom is -0.491 e. The van der Waals surface area contributed by atoms with Crippen LogP contribution < -0.4 is 4.74 Å². The van der Waals surface area contributed by atoms with Gasteiger partial charge < -0.3 is 14.4 Å². The van der Waals surface area contributed by atoms with Crippen LogP contribution in [0.5, 0.6) is 5.75 Å². The third kappa shape index (κ3) is 3.14. The lowest BCUT2D eigenvalue weighted by Crippen LogP contribution is -2.22. The standard InChI is InChI=1S/C13H15NO2/c15-12(10-14-8-4-5-9-14)11-16-13-6-2-1-3-7-13/h1-9,12,15H,10-11H2. The van der Waals surface area contributed by atoms with Crippen LogP contribution in [0, 0.1) is 0 Å². The van der Waals surface area contributed by atoms with Gasteiger partial charge in [0, 0.05) is 12.4 Å². The van der Waals surface area contributed by atoms with E-state index < -0.39 is 6.10 Å². The summed E-state index contributed by atoms with van der Waals surface area (Å²) in [7, 11) is 0. The summed E-state index contributed by atoms with van der Waals surface area (Å²) in [5.74, 6) is 0.786. The van der Waals surface area contributed by atoms with E-state index in [1.165, 1.54) is 0 Å². The molecule has 0 saturated carbocycles. The molecule has 1 heterocycles. The monoisotopic (exact) mass is 217 g/mol. The Morgan fingerprint density at radius 3 is 2.44 bits per heavy atom. The summed E-state index contributed by atoms with van der Waals surface area (Å²) >= 11 is 0. The zero-order chi connectivity index (χ0) is 11.2. The molecule has 84 valence electrons. The van der Waals surface area contributed by atoms with Crippen LogP contribution in [0.2, 0.25) is 0 Å². The van der Waals surface area contributed by atoms with Crippen molar-refractivity contribution in [1.82, 2.24) is 4.57 Å². The van der Waals surface area contributed by atoms with Crippen molar-refractivity contribution in [2.45, 2.75) is 12.6 Å². The van der Waals surface area contributed by atoms with Crippen LogP contribution in [0.25, 0.3) is 0 Å². The molecular formula is C13H15NO2. The van der Waals surface area contributed by atoms with E-state index in [4.69, 9.17) is 4.74 Å². The second-order valence-electron chi connectivity index (χ2n) is 3.66. The van der Waals surface area contributed by atoms with Gasteiger partial charge in [-0.05, 0) is 24.3 Å². The summed E-state index contributed by atoms with van der Waals surface area (Å²) in [6.45, 7) is 0.863. The maximum absolute atomic E-state index is 9.74. The first-order valence-corrected chi connectivity index (χ1v) is 5.31. The van der Waals surface area contributed by atoms with Gasteiger partial charge in [-0.3, -0.25) is 0 Å². The van der Waals surface area contributed by atoms with Gasteiger partial charge in [0.25, 0.3) is 0 Å². The van der Waals surface area contributed by atoms with E-state index in [2.05, 4.69) is 0 Å². The number of para-hydroxylation sites is 1. The zero-order valence-corrected chi connectivity index (χ0v) is 8.99. The molecule has 0 aliphatic rings. The van der Waals surface area contributed by atoms with E-state index in [0.717, 1.165) is 5.75 Å². The van der Waals surface area contributed by atoms with E-state index >= 15 is 0 Å². The molecule has 2 aromatic rings. The molecule has 3 heteroatoms. The Bertz CT molecular complexity index is 397. The van der Waals surface area contributed by atoms with Gasteiger partial charge in [-0.15, -0.1) is 0 Å². The summed E-state index contributed by atoms with van der Waals surface area (Å²) in [4.78, 5) is 0. The van der Waals surface area contributed by atoms with Crippen molar-refractivity contribution >= 4 is 0 Å². The molecule has 2 rings (SSSR count). The summed E-state index contributed by atoms with van der Waals surface area (Å²) < 4.78 is 7.38. The van der Waals surface area contributed by atoms with Crippen LogP contribution in [0.4, 0.5) is 0 Å². The van der Waals surface area contributed by atoms with Gasteiger partial charge in [-0.1, -0.05) is 18.2 Å². The highest BCUT2D eigenvalue weighted by Gasteiger charge is 2.05. The average Bonchev–Trinajstić information content (AvgIpc) is 2.81. The molecule has 1 aromatic carbocycles. The number of hydrogen-bond acceptors (Lipinski definition) is 2. The zero-order valence-electron chi connectivity index (χ0n) is 8.99. The van der Waals surface area contributed by atoms with Crippen molar-refractivity contribution in [1.29, 1.82) is 0 Å². The normalized spacial score (nSPS) is 12.3. The van der Waals surface area contributed by atoms with Gasteiger partial charge >= 0.3 is 0 Å². The molecule has 0 aliphatic carbocycles. The number of benzene rings is 1. The molecular weight excluding hydrogens is 202 g/mol. The minimum absolute atomic E-state index is 0.308. The molecule has 0 bridgehead atoms. The van der Waals surface area contributed by atoms with Crippen LogP contribution >= 0.6 is 0 Å². The van der Waals surface area contributed by atoms with Crippen LogP contribution in [-0.2, 0) is 6.54 Å². The Kier molecular flexibility index (Phi) is 3.62. The third-order valence-corrected chi connectivity index (χ3v) is 2.27. The van der Waals surface area contributed by atoms with Gasteiger partial charge in [0.2, 0.25) is 0 Å². The van der Waals surface area contributed by atoms with Crippen LogP contribution in [0.1, 0.15) is 0 Å². The predicted molar refractivity (Wildman–Crippen MR) is 62.4 cm³/mol. The lowest BCUT2D eigenvalue weighted by Gasteiger charge is -2.12. The fraction of sp³-hybridized carbons (Fsp3) is 0.231. The fourth-order valence-electron chi connectivity index (χ4n) is 1.50. The maximum Gasteiger partial charge on any atom is 0.119 e. The smallest absolute Gasteiger partial charge is 0.119 e. The van der Waals surface area contributed by atoms with Gasteiger partial charge in [0.05, 0.1) is 6.54 Å². The Hall–Kier alpha value is -1.74. The molecule has 0 aliphatic heterocycles. The second kappa shape index (κ2) is 5.37. The Morgan fingerprint density at radius 1 is 1.06 bits per heavy atom. The Labute approximate surface area is 94.9 Å². The summed E-state index contributed by atoms with van der Waals surface area (Å²) in [5, 5.41) is 9.74. The molecule has 0 saturated heterocycles. The van der Waals surface area contributed by atoms with Crippen molar-refractivity contribution in [3.63, 3.8) is 0 Å². The van der Waals surface area contributed by atoms with Crippen molar-refractivity contribution in [2.24, 2.45) is 0 Å². The SMILES string of the molecule is OC(COc1ccccc1)Cn1cccc1. The Balaban J connectivity index is 1.78. The van der Waals surface area contributed by atoms with E-state index in [0.29, 0.717) is 13.2 Å². The molecule has 0 amide bonds. The lowest BCUT2D eigenvalue weighted by atomic mass is 10.3. The molecule has 16 heavy (non-hydrogen) atoms. The summed E-state index contributed by atoms with van der Waals surface area (Å²) in [5.41, 5.74) is 0. The topological polar surface area (TPSA) is 34.4 Å². The first-order chi connectivity index (χ1) is 7.84. The second-order valence-corrected chi connectivity index (χ2v) is 3.66. The Morgan fingerprint density at radius 2 is 1.75 bits per heavy atom. The number of hydrogen-bond donors (Lipinski definition) is 1. The predicted octanol–water partition coefficient (Wildman–Crippen LogP) is 1.93. The van der Waals surface area contributed by atoms with Crippen molar-refractivity contribution in [2.75, 3.05) is 6.61 Å². The van der Waals surface area contributed by atoms with E-state index in [1.807, 2.05) is 59.4 Å². The van der Waals surface area contributed by atoms with Gasteiger partial charge in [0.15, 0.2) is 0 Å². The summed E-state index contributed by atoms with van der Waals surface area (Å²) in [6, 6.07) is 13.4. The highest BCUT2D eigenvalue weighted by atomic mass is 16.5. The number of ether oxygens (including phenoxy) is 1. The quantitative estimate of drug-likeness (QED) is 0.830. The van der Waals surface area contributed by atoms with Crippen LogP contribution in [0.3, 0.4) is 0 Å². The maximum atomic E-state index is 9.74. The van der Waals surface area contributed by atoms with Crippen molar-refractivity contribution in [3.05, 3.63) is 54.9 Å². The minimum atomic E-state index is -0.493. The van der Waals surface area contributed by atoms with Crippen molar-refractivity contribution in [3.8, 4) is 5.75 Å². The van der Waals surface area contributed by atoms with Crippen LogP contribution in [0.15, 0.2) is 54.9 Å². The first kappa shape index (κ1) is 10.8. The lowest BCUT2D eigenvalue weighted by molar-refractivity contribution is 0.0926. The number of aliphatic hydroxyl groups is 1. The molecule has 1 aromatic heterocycles. The number of aromatic nitrogens is 1. The third-order valence-electron chi connectivity index (χ3n) is 2.27. The molecule has 0 radical (unpaired) electrons. The molecule has 0 spiro atoms. The number of nitrogens with zero attached hydrogens (tertiary/aromatic N) is 1. The average molecular weight is 217 g/mol. The van der Waals surface area contributed by atoms with Gasteiger partial charge in [0.1, 0.15) is 18.5 Å². The molecule has 1 unspecified atom stereocenters. The van der Waals surface area contributed by atoms with E-state index in [9.17, 15) is 5.11 Å². The molecule has 1 N–H and O–H groups in total. The van der Waals surface area contributed by atoms with E-state index in [1.54, 1.807) is 0 Å². The molecule has 3 nitrogen and oxygen atoms in total. The molecule has 1 atom stereocenters. The summed E-state index contributed by atoms with van der Waals surface area (Å²) in [6.07, 6.45) is 3.35. The van der Waals surface area contributed by atoms with Gasteiger partial charge in [-0.25, -0.2) is 0 Å². The van der Waals surface area contributed by atoms with Crippen molar-refractivity contribution < 1.29 is 9.84 Å². The van der Waals surface area contributed by atoms with Crippen LogP contribution in [-0.4, -0.2) is 22.4 Å². The van der Waals surface area contributed by atoms with E-state index in [-0.39, 0.29) is 0 Å². The highest BCUT2D eigenvalue weighted by molar-refractivity contribution is 5.20. The fourth-order valence-corrected chi connectivity index (χ4v) is 1.50. The molecule has 0 fully saturated rings.